The molecular formula is C8H10FN. The Labute approximate surface area is 59.9 Å². The van der Waals surface area contributed by atoms with Gasteiger partial charge in [-0.2, -0.15) is 0 Å². The van der Waals surface area contributed by atoms with Crippen LogP contribution in [0.25, 0.3) is 0 Å². The summed E-state index contributed by atoms with van der Waals surface area (Å²) in [5.74, 6) is -0.196. The number of halogens is 1. The molecule has 0 saturated heterocycles. The number of rotatable bonds is 2. The monoisotopic (exact) mass is 139 g/mol. The fraction of sp³-hybridized carbons (Fsp3) is 0.375. The second-order valence-corrected chi connectivity index (χ2v) is 2.22. The molecule has 0 aliphatic heterocycles. The van der Waals surface area contributed by atoms with E-state index in [1.807, 2.05) is 6.92 Å². The van der Waals surface area contributed by atoms with Crippen molar-refractivity contribution in [1.29, 1.82) is 0 Å². The normalized spacial score (nSPS) is 9.80. The molecule has 10 heavy (non-hydrogen) atoms. The standard InChI is InChI=1S/C8H10FN/c1-2-3-8-6-7(9)4-5-10-8/h4-6H,2-3H2,1H3. The van der Waals surface area contributed by atoms with Gasteiger partial charge in [0.1, 0.15) is 5.82 Å². The zero-order chi connectivity index (χ0) is 7.40. The molecule has 0 bridgehead atoms. The first-order valence-electron chi connectivity index (χ1n) is 3.43. The fourth-order valence-corrected chi connectivity index (χ4v) is 0.842. The molecule has 0 saturated carbocycles. The van der Waals surface area contributed by atoms with Crippen LogP contribution in [0.5, 0.6) is 0 Å². The Kier molecular flexibility index (Phi) is 2.37. The van der Waals surface area contributed by atoms with Crippen molar-refractivity contribution in [1.82, 2.24) is 4.98 Å². The van der Waals surface area contributed by atoms with E-state index in [2.05, 4.69) is 4.98 Å². The molecular weight excluding hydrogens is 129 g/mol. The molecule has 0 unspecified atom stereocenters. The Balaban J connectivity index is 2.75. The minimum atomic E-state index is -0.196. The topological polar surface area (TPSA) is 12.9 Å². The highest BCUT2D eigenvalue weighted by Gasteiger charge is 1.93. The third-order valence-corrected chi connectivity index (χ3v) is 1.28. The van der Waals surface area contributed by atoms with Crippen molar-refractivity contribution in [3.63, 3.8) is 0 Å². The van der Waals surface area contributed by atoms with Gasteiger partial charge in [0.2, 0.25) is 0 Å². The van der Waals surface area contributed by atoms with Crippen LogP contribution in [0.4, 0.5) is 4.39 Å². The molecule has 1 nitrogen and oxygen atoms in total. The molecule has 0 N–H and O–H groups in total. The van der Waals surface area contributed by atoms with Crippen LogP contribution >= 0.6 is 0 Å². The van der Waals surface area contributed by atoms with Gasteiger partial charge in [0.15, 0.2) is 0 Å². The maximum Gasteiger partial charge on any atom is 0.126 e. The maximum absolute atomic E-state index is 12.5. The Morgan fingerprint density at radius 3 is 3.00 bits per heavy atom. The first-order chi connectivity index (χ1) is 4.83. The van der Waals surface area contributed by atoms with E-state index in [1.165, 1.54) is 18.3 Å². The second kappa shape index (κ2) is 3.30. The summed E-state index contributed by atoms with van der Waals surface area (Å²) < 4.78 is 12.5. The van der Waals surface area contributed by atoms with Crippen molar-refractivity contribution in [3.8, 4) is 0 Å². The number of nitrogens with zero attached hydrogens (tertiary/aromatic N) is 1. The van der Waals surface area contributed by atoms with Crippen LogP contribution in [0.1, 0.15) is 19.0 Å². The average molecular weight is 139 g/mol. The Morgan fingerprint density at radius 1 is 1.60 bits per heavy atom. The Hall–Kier alpha value is -0.920. The summed E-state index contributed by atoms with van der Waals surface area (Å²) >= 11 is 0. The lowest BCUT2D eigenvalue weighted by molar-refractivity contribution is 0.621. The predicted octanol–water partition coefficient (Wildman–Crippen LogP) is 2.17. The zero-order valence-corrected chi connectivity index (χ0v) is 5.97. The number of hydrogen-bond donors (Lipinski definition) is 0. The van der Waals surface area contributed by atoms with Gasteiger partial charge in [0.25, 0.3) is 0 Å². The van der Waals surface area contributed by atoms with Gasteiger partial charge in [-0.3, -0.25) is 4.98 Å². The minimum absolute atomic E-state index is 0.196. The van der Waals surface area contributed by atoms with Gasteiger partial charge in [-0.05, 0) is 18.6 Å². The molecule has 1 aromatic heterocycles. The van der Waals surface area contributed by atoms with Crippen LogP contribution in [0, 0.1) is 5.82 Å². The van der Waals surface area contributed by atoms with Crippen LogP contribution in [0.15, 0.2) is 18.3 Å². The summed E-state index contributed by atoms with van der Waals surface area (Å²) in [6.07, 6.45) is 3.37. The number of hydrogen-bond acceptors (Lipinski definition) is 1. The molecule has 0 amide bonds. The Bertz CT molecular complexity index is 210. The molecule has 0 atom stereocenters. The summed E-state index contributed by atoms with van der Waals surface area (Å²) in [5, 5.41) is 0. The van der Waals surface area contributed by atoms with Crippen LogP contribution in [-0.2, 0) is 6.42 Å². The van der Waals surface area contributed by atoms with Gasteiger partial charge >= 0.3 is 0 Å². The second-order valence-electron chi connectivity index (χ2n) is 2.22. The van der Waals surface area contributed by atoms with E-state index in [0.717, 1.165) is 18.5 Å². The first-order valence-corrected chi connectivity index (χ1v) is 3.43. The molecule has 1 heterocycles. The maximum atomic E-state index is 12.5. The van der Waals surface area contributed by atoms with Crippen LogP contribution in [0.2, 0.25) is 0 Å². The van der Waals surface area contributed by atoms with Crippen molar-refractivity contribution >= 4 is 0 Å². The first kappa shape index (κ1) is 7.19. The van der Waals surface area contributed by atoms with E-state index in [-0.39, 0.29) is 5.82 Å². The predicted molar refractivity (Wildman–Crippen MR) is 38.2 cm³/mol. The fourth-order valence-electron chi connectivity index (χ4n) is 0.842. The summed E-state index contributed by atoms with van der Waals surface area (Å²) in [6.45, 7) is 2.05. The summed E-state index contributed by atoms with van der Waals surface area (Å²) in [4.78, 5) is 3.99. The van der Waals surface area contributed by atoms with Gasteiger partial charge in [-0.25, -0.2) is 4.39 Å². The van der Waals surface area contributed by atoms with E-state index in [1.54, 1.807) is 0 Å². The molecule has 0 spiro atoms. The van der Waals surface area contributed by atoms with E-state index < -0.39 is 0 Å². The molecule has 0 aliphatic carbocycles. The molecule has 1 aromatic rings. The summed E-state index contributed by atoms with van der Waals surface area (Å²) in [7, 11) is 0. The largest absolute Gasteiger partial charge is 0.261 e. The van der Waals surface area contributed by atoms with Crippen LogP contribution in [-0.4, -0.2) is 4.98 Å². The van der Waals surface area contributed by atoms with Gasteiger partial charge in [0, 0.05) is 11.9 Å². The van der Waals surface area contributed by atoms with E-state index in [0.29, 0.717) is 0 Å². The summed E-state index contributed by atoms with van der Waals surface area (Å²) in [6, 6.07) is 2.84. The van der Waals surface area contributed by atoms with Gasteiger partial charge in [0.05, 0.1) is 0 Å². The van der Waals surface area contributed by atoms with Gasteiger partial charge < -0.3 is 0 Å². The Morgan fingerprint density at radius 2 is 2.40 bits per heavy atom. The van der Waals surface area contributed by atoms with Crippen molar-refractivity contribution in [2.24, 2.45) is 0 Å². The van der Waals surface area contributed by atoms with Gasteiger partial charge in [-0.1, -0.05) is 13.3 Å². The number of aryl methyl sites for hydroxylation is 1. The SMILES string of the molecule is CCCc1cc(F)ccn1. The molecule has 1 rings (SSSR count). The highest BCUT2D eigenvalue weighted by atomic mass is 19.1. The lowest BCUT2D eigenvalue weighted by atomic mass is 10.2. The molecule has 0 radical (unpaired) electrons. The third-order valence-electron chi connectivity index (χ3n) is 1.28. The molecule has 54 valence electrons. The van der Waals surface area contributed by atoms with Crippen molar-refractivity contribution < 1.29 is 4.39 Å². The number of pyridine rings is 1. The lowest BCUT2D eigenvalue weighted by Crippen LogP contribution is -1.88. The number of aromatic nitrogens is 1. The van der Waals surface area contributed by atoms with Crippen LogP contribution in [0.3, 0.4) is 0 Å². The minimum Gasteiger partial charge on any atom is -0.261 e. The highest BCUT2D eigenvalue weighted by molar-refractivity contribution is 5.05. The molecule has 0 fully saturated rings. The highest BCUT2D eigenvalue weighted by Crippen LogP contribution is 2.01. The van der Waals surface area contributed by atoms with E-state index in [9.17, 15) is 4.39 Å². The van der Waals surface area contributed by atoms with Crippen LogP contribution < -0.4 is 0 Å². The molecule has 0 aliphatic rings. The van der Waals surface area contributed by atoms with E-state index >= 15 is 0 Å². The summed E-state index contributed by atoms with van der Waals surface area (Å²) in [5.41, 5.74) is 0.836. The lowest BCUT2D eigenvalue weighted by Gasteiger charge is -1.94. The zero-order valence-electron chi connectivity index (χ0n) is 5.97. The van der Waals surface area contributed by atoms with Crippen molar-refractivity contribution in [3.05, 3.63) is 29.8 Å². The average Bonchev–Trinajstić information content (AvgIpc) is 1.88. The van der Waals surface area contributed by atoms with Crippen molar-refractivity contribution in [2.45, 2.75) is 19.8 Å². The molecule has 0 aromatic carbocycles. The smallest absolute Gasteiger partial charge is 0.126 e. The molecule has 2 heteroatoms. The van der Waals surface area contributed by atoms with Crippen molar-refractivity contribution in [2.75, 3.05) is 0 Å². The van der Waals surface area contributed by atoms with Gasteiger partial charge in [-0.15, -0.1) is 0 Å². The quantitative estimate of drug-likeness (QED) is 0.612. The third kappa shape index (κ3) is 1.79. The van der Waals surface area contributed by atoms with E-state index in [4.69, 9.17) is 0 Å².